The van der Waals surface area contributed by atoms with Gasteiger partial charge in [0.25, 0.3) is 0 Å². The highest BCUT2D eigenvalue weighted by atomic mass is 16.5. The lowest BCUT2D eigenvalue weighted by molar-refractivity contribution is 0.415. The lowest BCUT2D eigenvalue weighted by Crippen LogP contribution is -1.97. The summed E-state index contributed by atoms with van der Waals surface area (Å²) in [4.78, 5) is 0. The molecule has 4 rings (SSSR count). The number of hydrogen-bond acceptors (Lipinski definition) is 4. The van der Waals surface area contributed by atoms with Crippen LogP contribution in [-0.2, 0) is 0 Å². The summed E-state index contributed by atoms with van der Waals surface area (Å²) >= 11 is 0. The number of fused-ring (bicyclic) bond motifs is 2. The first-order valence-electron chi connectivity index (χ1n) is 8.35. The summed E-state index contributed by atoms with van der Waals surface area (Å²) < 4.78 is 10.8. The number of nitrogens with two attached hydrogens (primary N) is 2. The average Bonchev–Trinajstić information content (AvgIpc) is 2.68. The van der Waals surface area contributed by atoms with Crippen LogP contribution < -0.4 is 20.9 Å². The number of rotatable bonds is 3. The molecule has 0 unspecified atom stereocenters. The molecule has 0 aliphatic heterocycles. The van der Waals surface area contributed by atoms with E-state index in [1.54, 1.807) is 14.2 Å². The van der Waals surface area contributed by atoms with Gasteiger partial charge in [0.15, 0.2) is 0 Å². The van der Waals surface area contributed by atoms with Gasteiger partial charge in [0.05, 0.1) is 14.2 Å². The van der Waals surface area contributed by atoms with Gasteiger partial charge in [-0.3, -0.25) is 0 Å². The molecule has 0 aromatic heterocycles. The van der Waals surface area contributed by atoms with Crippen LogP contribution in [0.5, 0.6) is 11.5 Å². The standard InChI is InChI=1S/C22H20N2O2/c1-25-15-7-3-13-5-9-19(23)21(17(13)11-15)22-18-12-16(26-2)8-4-14(18)6-10-20(22)24/h3-12H,23-24H2,1-2H3. The van der Waals surface area contributed by atoms with Crippen molar-refractivity contribution in [2.75, 3.05) is 25.7 Å². The minimum Gasteiger partial charge on any atom is -0.497 e. The SMILES string of the molecule is COc1ccc2ccc(N)c(-c3c(N)ccc4ccc(OC)cc34)c2c1. The predicted octanol–water partition coefficient (Wildman–Crippen LogP) is 4.84. The zero-order chi connectivity index (χ0) is 18.3. The smallest absolute Gasteiger partial charge is 0.119 e. The van der Waals surface area contributed by atoms with Gasteiger partial charge in [-0.25, -0.2) is 0 Å². The number of anilines is 2. The Bertz CT molecular complexity index is 1040. The third-order valence-corrected chi connectivity index (χ3v) is 4.77. The van der Waals surface area contributed by atoms with Crippen molar-refractivity contribution in [1.29, 1.82) is 0 Å². The summed E-state index contributed by atoms with van der Waals surface area (Å²) in [6.07, 6.45) is 0. The van der Waals surface area contributed by atoms with Gasteiger partial charge in [-0.2, -0.15) is 0 Å². The van der Waals surface area contributed by atoms with Crippen LogP contribution in [0.4, 0.5) is 11.4 Å². The Hall–Kier alpha value is -3.40. The van der Waals surface area contributed by atoms with Crippen molar-refractivity contribution in [2.45, 2.75) is 0 Å². The van der Waals surface area contributed by atoms with Gasteiger partial charge in [-0.15, -0.1) is 0 Å². The highest BCUT2D eigenvalue weighted by molar-refractivity contribution is 6.13. The predicted molar refractivity (Wildman–Crippen MR) is 109 cm³/mol. The lowest BCUT2D eigenvalue weighted by Gasteiger charge is -2.16. The highest BCUT2D eigenvalue weighted by Gasteiger charge is 2.15. The number of ether oxygens (including phenoxy) is 2. The maximum atomic E-state index is 6.41. The van der Waals surface area contributed by atoms with Crippen molar-refractivity contribution in [3.63, 3.8) is 0 Å². The van der Waals surface area contributed by atoms with Crippen molar-refractivity contribution >= 4 is 32.9 Å². The Balaban J connectivity index is 2.16. The highest BCUT2D eigenvalue weighted by Crippen LogP contribution is 2.43. The van der Waals surface area contributed by atoms with Crippen LogP contribution in [0, 0.1) is 0 Å². The van der Waals surface area contributed by atoms with E-state index in [1.165, 1.54) is 0 Å². The summed E-state index contributed by atoms with van der Waals surface area (Å²) in [6.45, 7) is 0. The summed E-state index contributed by atoms with van der Waals surface area (Å²) in [5, 5.41) is 4.17. The van der Waals surface area contributed by atoms with Gasteiger partial charge in [-0.05, 0) is 57.9 Å². The third kappa shape index (κ3) is 2.47. The van der Waals surface area contributed by atoms with Crippen LogP contribution in [0.15, 0.2) is 60.7 Å². The largest absolute Gasteiger partial charge is 0.497 e. The van der Waals surface area contributed by atoms with E-state index in [2.05, 4.69) is 0 Å². The fraction of sp³-hybridized carbons (Fsp3) is 0.0909. The van der Waals surface area contributed by atoms with Crippen LogP contribution in [0.3, 0.4) is 0 Å². The van der Waals surface area contributed by atoms with Crippen LogP contribution in [0.2, 0.25) is 0 Å². The zero-order valence-electron chi connectivity index (χ0n) is 14.7. The normalized spacial score (nSPS) is 11.0. The van der Waals surface area contributed by atoms with Crippen LogP contribution in [0.1, 0.15) is 0 Å². The number of methoxy groups -OCH3 is 2. The molecular weight excluding hydrogens is 324 g/mol. The molecule has 4 nitrogen and oxygen atoms in total. The molecule has 0 bridgehead atoms. The fourth-order valence-electron chi connectivity index (χ4n) is 3.44. The van der Waals surface area contributed by atoms with Crippen LogP contribution in [0.25, 0.3) is 32.7 Å². The molecule has 0 fully saturated rings. The van der Waals surface area contributed by atoms with Gasteiger partial charge in [0, 0.05) is 22.5 Å². The molecule has 0 spiro atoms. The second-order valence-corrected chi connectivity index (χ2v) is 6.23. The van der Waals surface area contributed by atoms with E-state index in [0.29, 0.717) is 11.4 Å². The van der Waals surface area contributed by atoms with Crippen molar-refractivity contribution in [1.82, 2.24) is 0 Å². The maximum absolute atomic E-state index is 6.41. The molecular formula is C22H20N2O2. The Morgan fingerprint density at radius 1 is 0.577 bits per heavy atom. The Morgan fingerprint density at radius 3 is 1.35 bits per heavy atom. The van der Waals surface area contributed by atoms with Crippen molar-refractivity contribution in [3.05, 3.63) is 60.7 Å². The molecule has 0 radical (unpaired) electrons. The van der Waals surface area contributed by atoms with Gasteiger partial charge in [0.2, 0.25) is 0 Å². The van der Waals surface area contributed by atoms with Crippen LogP contribution in [-0.4, -0.2) is 14.2 Å². The van der Waals surface area contributed by atoms with E-state index in [0.717, 1.165) is 44.2 Å². The molecule has 4 aromatic rings. The molecule has 0 saturated carbocycles. The van der Waals surface area contributed by atoms with Gasteiger partial charge in [-0.1, -0.05) is 24.3 Å². The van der Waals surface area contributed by atoms with E-state index in [9.17, 15) is 0 Å². The molecule has 26 heavy (non-hydrogen) atoms. The first-order chi connectivity index (χ1) is 12.6. The summed E-state index contributed by atoms with van der Waals surface area (Å²) in [7, 11) is 3.31. The molecule has 4 aromatic carbocycles. The molecule has 0 heterocycles. The average molecular weight is 344 g/mol. The first kappa shape index (κ1) is 16.1. The third-order valence-electron chi connectivity index (χ3n) is 4.77. The van der Waals surface area contributed by atoms with E-state index in [1.807, 2.05) is 60.7 Å². The topological polar surface area (TPSA) is 70.5 Å². The van der Waals surface area contributed by atoms with E-state index in [4.69, 9.17) is 20.9 Å². The molecule has 0 amide bonds. The van der Waals surface area contributed by atoms with E-state index in [-0.39, 0.29) is 0 Å². The molecule has 0 atom stereocenters. The number of benzene rings is 4. The van der Waals surface area contributed by atoms with Crippen molar-refractivity contribution < 1.29 is 9.47 Å². The minimum atomic E-state index is 0.674. The summed E-state index contributed by atoms with van der Waals surface area (Å²) in [5.41, 5.74) is 16.0. The second-order valence-electron chi connectivity index (χ2n) is 6.23. The summed E-state index contributed by atoms with van der Waals surface area (Å²) in [6, 6.07) is 19.8. The fourth-order valence-corrected chi connectivity index (χ4v) is 3.44. The first-order valence-corrected chi connectivity index (χ1v) is 8.35. The zero-order valence-corrected chi connectivity index (χ0v) is 14.7. The minimum absolute atomic E-state index is 0.674. The van der Waals surface area contributed by atoms with Crippen molar-refractivity contribution in [3.8, 4) is 22.6 Å². The molecule has 4 N–H and O–H groups in total. The summed E-state index contributed by atoms with van der Waals surface area (Å²) in [5.74, 6) is 1.56. The lowest BCUT2D eigenvalue weighted by atomic mass is 9.91. The van der Waals surface area contributed by atoms with E-state index >= 15 is 0 Å². The van der Waals surface area contributed by atoms with E-state index < -0.39 is 0 Å². The molecule has 0 saturated heterocycles. The quantitative estimate of drug-likeness (QED) is 0.522. The van der Waals surface area contributed by atoms with Gasteiger partial charge < -0.3 is 20.9 Å². The molecule has 130 valence electrons. The Labute approximate surface area is 151 Å². The van der Waals surface area contributed by atoms with Gasteiger partial charge in [0.1, 0.15) is 11.5 Å². The monoisotopic (exact) mass is 344 g/mol. The van der Waals surface area contributed by atoms with Crippen molar-refractivity contribution in [2.24, 2.45) is 0 Å². The molecule has 0 aliphatic carbocycles. The number of hydrogen-bond donors (Lipinski definition) is 2. The molecule has 4 heteroatoms. The second kappa shape index (κ2) is 6.15. The number of nitrogen functional groups attached to an aromatic ring is 2. The Kier molecular flexibility index (Phi) is 3.81. The maximum Gasteiger partial charge on any atom is 0.119 e. The molecule has 0 aliphatic rings. The van der Waals surface area contributed by atoms with Crippen LogP contribution >= 0.6 is 0 Å². The van der Waals surface area contributed by atoms with Gasteiger partial charge >= 0.3 is 0 Å². The Morgan fingerprint density at radius 2 is 0.962 bits per heavy atom.